The Morgan fingerprint density at radius 2 is 1.00 bits per heavy atom. The van der Waals surface area contributed by atoms with Gasteiger partial charge in [-0.05, 0) is 13.8 Å². The summed E-state index contributed by atoms with van der Waals surface area (Å²) in [5, 5.41) is 18.3. The molecule has 0 aromatic carbocycles. The van der Waals surface area contributed by atoms with Crippen LogP contribution in [0.5, 0.6) is 0 Å². The lowest BCUT2D eigenvalue weighted by Crippen LogP contribution is -2.31. The van der Waals surface area contributed by atoms with Crippen LogP contribution in [0.1, 0.15) is 13.8 Å². The molecular formula is C6H14O8S4. The number of hydrogen-bond acceptors (Lipinski definition) is 8. The molecule has 0 radical (unpaired) electrons. The molecule has 0 rings (SSSR count). The quantitative estimate of drug-likeness (QED) is 0.354. The van der Waals surface area contributed by atoms with Gasteiger partial charge >= 0.3 is 0 Å². The average Bonchev–Trinajstić information content (AvgIpc) is 2.05. The first-order valence-corrected chi connectivity index (χ1v) is 9.76. The summed E-state index contributed by atoms with van der Waals surface area (Å²) in [6.07, 6.45) is -2.93. The van der Waals surface area contributed by atoms with Crippen LogP contribution in [-0.4, -0.2) is 57.5 Å². The Hall–Kier alpha value is 0.440. The first-order valence-electron chi connectivity index (χ1n) is 4.48. The Kier molecular flexibility index (Phi) is 6.91. The number of aliphatic hydroxyl groups excluding tert-OH is 2. The van der Waals surface area contributed by atoms with Crippen LogP contribution in [0.2, 0.25) is 0 Å². The van der Waals surface area contributed by atoms with Gasteiger partial charge in [0.05, 0.1) is 12.2 Å². The second-order valence-electron chi connectivity index (χ2n) is 3.44. The molecule has 4 N–H and O–H groups in total. The van der Waals surface area contributed by atoms with Crippen molar-refractivity contribution in [2.24, 2.45) is 0 Å². The van der Waals surface area contributed by atoms with E-state index in [1.165, 1.54) is 0 Å². The summed E-state index contributed by atoms with van der Waals surface area (Å²) in [5.41, 5.74) is 0. The summed E-state index contributed by atoms with van der Waals surface area (Å²) in [4.78, 5) is 0. The first-order chi connectivity index (χ1) is 7.87. The molecule has 0 aromatic rings. The van der Waals surface area contributed by atoms with Gasteiger partial charge < -0.3 is 10.2 Å². The monoisotopic (exact) mass is 342 g/mol. The summed E-state index contributed by atoms with van der Waals surface area (Å²) >= 11 is 0. The Morgan fingerprint density at radius 3 is 1.11 bits per heavy atom. The molecule has 0 aliphatic carbocycles. The van der Waals surface area contributed by atoms with E-state index in [9.17, 15) is 16.8 Å². The van der Waals surface area contributed by atoms with Crippen molar-refractivity contribution >= 4 is 41.8 Å². The van der Waals surface area contributed by atoms with Gasteiger partial charge in [0.1, 0.15) is 0 Å². The highest BCUT2D eigenvalue weighted by Gasteiger charge is 2.35. The van der Waals surface area contributed by atoms with Crippen LogP contribution in [0, 0.1) is 0 Å². The van der Waals surface area contributed by atoms with Gasteiger partial charge in [-0.1, -0.05) is 21.6 Å². The largest absolute Gasteiger partial charge is 0.391 e. The van der Waals surface area contributed by atoms with Crippen molar-refractivity contribution in [1.82, 2.24) is 0 Å². The fourth-order valence-electron chi connectivity index (χ4n) is 0.867. The van der Waals surface area contributed by atoms with Gasteiger partial charge in [0, 0.05) is 0 Å². The molecule has 4 atom stereocenters. The van der Waals surface area contributed by atoms with E-state index in [1.54, 1.807) is 0 Å². The summed E-state index contributed by atoms with van der Waals surface area (Å²) < 4.78 is 57.8. The van der Waals surface area contributed by atoms with Crippen LogP contribution in [0.4, 0.5) is 0 Å². The van der Waals surface area contributed by atoms with Crippen molar-refractivity contribution in [3.63, 3.8) is 0 Å². The van der Waals surface area contributed by atoms with Crippen molar-refractivity contribution in [3.05, 3.63) is 0 Å². The van der Waals surface area contributed by atoms with Crippen molar-refractivity contribution in [3.8, 4) is 0 Å². The van der Waals surface area contributed by atoms with Crippen molar-refractivity contribution in [2.45, 2.75) is 35.2 Å². The summed E-state index contributed by atoms with van der Waals surface area (Å²) in [6, 6.07) is 0. The predicted octanol–water partition coefficient (Wildman–Crippen LogP) is -0.443. The van der Waals surface area contributed by atoms with Gasteiger partial charge in [-0.15, -0.1) is 0 Å². The van der Waals surface area contributed by atoms with Gasteiger partial charge in [0.2, 0.25) is 0 Å². The van der Waals surface area contributed by atoms with Crippen LogP contribution in [0.15, 0.2) is 0 Å². The molecule has 0 fully saturated rings. The Labute approximate surface area is 113 Å². The Balaban J connectivity index is 4.91. The molecule has 0 spiro atoms. The van der Waals surface area contributed by atoms with Crippen LogP contribution < -0.4 is 0 Å². The van der Waals surface area contributed by atoms with E-state index in [4.69, 9.17) is 19.3 Å². The molecule has 12 heteroatoms. The number of rotatable bonds is 7. The van der Waals surface area contributed by atoms with Crippen molar-refractivity contribution < 1.29 is 36.2 Å². The first kappa shape index (κ1) is 18.4. The van der Waals surface area contributed by atoms with Crippen LogP contribution >= 0.6 is 21.6 Å². The maximum atomic E-state index is 10.9. The van der Waals surface area contributed by atoms with Gasteiger partial charge in [0.15, 0.2) is 9.16 Å². The predicted molar refractivity (Wildman–Crippen MR) is 69.2 cm³/mol. The molecule has 0 saturated heterocycles. The topological polar surface area (TPSA) is 149 Å². The van der Waals surface area contributed by atoms with E-state index in [2.05, 4.69) is 0 Å². The Bertz CT molecular complexity index is 408. The third-order valence-electron chi connectivity index (χ3n) is 1.62. The van der Waals surface area contributed by atoms with E-state index in [-0.39, 0.29) is 0 Å². The number of hydrogen-bond donors (Lipinski definition) is 4. The van der Waals surface area contributed by atoms with Crippen LogP contribution in [-0.2, 0) is 20.2 Å². The maximum absolute atomic E-state index is 10.9. The molecule has 0 amide bonds. The van der Waals surface area contributed by atoms with Crippen LogP contribution in [0.25, 0.3) is 0 Å². The van der Waals surface area contributed by atoms with E-state index >= 15 is 0 Å². The average molecular weight is 342 g/mol. The fourth-order valence-corrected chi connectivity index (χ4v) is 7.42. The molecule has 4 unspecified atom stereocenters. The highest BCUT2D eigenvalue weighted by Crippen LogP contribution is 2.38. The van der Waals surface area contributed by atoms with Crippen molar-refractivity contribution in [1.29, 1.82) is 0 Å². The fraction of sp³-hybridized carbons (Fsp3) is 1.00. The summed E-state index contributed by atoms with van der Waals surface area (Å²) in [5.74, 6) is 0. The molecule has 0 aromatic heterocycles. The van der Waals surface area contributed by atoms with E-state index in [1.807, 2.05) is 0 Å². The van der Waals surface area contributed by atoms with E-state index in [0.29, 0.717) is 21.6 Å². The van der Waals surface area contributed by atoms with Crippen molar-refractivity contribution in [2.75, 3.05) is 0 Å². The zero-order valence-corrected chi connectivity index (χ0v) is 12.6. The Morgan fingerprint density at radius 1 is 0.778 bits per heavy atom. The smallest absolute Gasteiger partial charge is 0.280 e. The third kappa shape index (κ3) is 6.06. The van der Waals surface area contributed by atoms with Gasteiger partial charge in [0.25, 0.3) is 20.2 Å². The minimum absolute atomic E-state index is 0.329. The van der Waals surface area contributed by atoms with E-state index in [0.717, 1.165) is 13.8 Å². The zero-order chi connectivity index (χ0) is 14.7. The minimum Gasteiger partial charge on any atom is -0.391 e. The molecule has 0 aliphatic heterocycles. The molecule has 18 heavy (non-hydrogen) atoms. The third-order valence-corrected chi connectivity index (χ3v) is 9.21. The second-order valence-corrected chi connectivity index (χ2v) is 9.67. The van der Waals surface area contributed by atoms with E-state index < -0.39 is 41.6 Å². The second kappa shape index (κ2) is 6.74. The zero-order valence-electron chi connectivity index (χ0n) is 9.36. The van der Waals surface area contributed by atoms with Crippen LogP contribution in [0.3, 0.4) is 0 Å². The maximum Gasteiger partial charge on any atom is 0.280 e. The molecule has 0 heterocycles. The van der Waals surface area contributed by atoms with Gasteiger partial charge in [-0.3, -0.25) is 9.11 Å². The standard InChI is InChI=1S/C6H14O8S4/c1-3(7)5(17(9,10)11)15-16-6(4(2)8)18(12,13)14/h3-8H,1-2H3,(H,9,10,11)(H,12,13,14). The van der Waals surface area contributed by atoms with Gasteiger partial charge in [-0.25, -0.2) is 0 Å². The molecule has 0 saturated carbocycles. The number of aliphatic hydroxyl groups is 2. The summed E-state index contributed by atoms with van der Waals surface area (Å²) in [7, 11) is -8.54. The lowest BCUT2D eigenvalue weighted by atomic mass is 10.5. The molecular weight excluding hydrogens is 328 g/mol. The molecule has 0 aliphatic rings. The van der Waals surface area contributed by atoms with Gasteiger partial charge in [-0.2, -0.15) is 16.8 Å². The highest BCUT2D eigenvalue weighted by molar-refractivity contribution is 8.79. The highest BCUT2D eigenvalue weighted by atomic mass is 33.1. The SMILES string of the molecule is CC(O)C(SSC(C(C)O)S(=O)(=O)O)S(=O)(=O)O. The summed E-state index contributed by atoms with van der Waals surface area (Å²) in [6.45, 7) is 2.19. The molecule has 110 valence electrons. The minimum atomic E-state index is -4.60. The lowest BCUT2D eigenvalue weighted by molar-refractivity contribution is 0.205. The normalized spacial score (nSPS) is 20.1. The lowest BCUT2D eigenvalue weighted by Gasteiger charge is -2.20. The molecule has 8 nitrogen and oxygen atoms in total. The molecule has 0 bridgehead atoms.